The number of amides is 3. The summed E-state index contributed by atoms with van der Waals surface area (Å²) in [5.41, 5.74) is 5.32. The number of β-lactam (4-membered cyclic amide) rings is 1. The summed E-state index contributed by atoms with van der Waals surface area (Å²) in [6, 6.07) is -1.07. The molecule has 4 N–H and O–H groups in total. The van der Waals surface area contributed by atoms with Crippen molar-refractivity contribution in [2.24, 2.45) is 5.16 Å². The van der Waals surface area contributed by atoms with Crippen LogP contribution in [0, 0.1) is 0 Å². The number of hydrogen-bond donors (Lipinski definition) is 3. The van der Waals surface area contributed by atoms with E-state index in [0.717, 1.165) is 29.6 Å². The average molecular weight is 569 g/mol. The number of thioether (sulfide) groups is 1. The van der Waals surface area contributed by atoms with Crippen molar-refractivity contribution < 1.29 is 43.4 Å². The first kappa shape index (κ1) is 27.2. The third kappa shape index (κ3) is 5.52. The SMILES string of the molecule is CC(=O)OC(C)OC(=O)C1=C(COC(=O)N2CCC2)CS[C@@H]2C(NC(=O)/C(=N\O)c3csc(N)n3)C(=O)N12. The molecule has 1 aromatic rings. The zero-order chi connectivity index (χ0) is 27.6. The van der Waals surface area contributed by atoms with Crippen molar-refractivity contribution in [2.45, 2.75) is 38.0 Å². The molecule has 0 bridgehead atoms. The lowest BCUT2D eigenvalue weighted by atomic mass is 10.0. The number of carbonyl (C=O) groups is 5. The van der Waals surface area contributed by atoms with Gasteiger partial charge < -0.3 is 35.4 Å². The highest BCUT2D eigenvalue weighted by molar-refractivity contribution is 8.00. The van der Waals surface area contributed by atoms with E-state index < -0.39 is 53.3 Å². The lowest BCUT2D eigenvalue weighted by molar-refractivity contribution is -0.182. The Morgan fingerprint density at radius 3 is 2.63 bits per heavy atom. The maximum absolute atomic E-state index is 13.1. The third-order valence-electron chi connectivity index (χ3n) is 5.70. The van der Waals surface area contributed by atoms with E-state index in [2.05, 4.69) is 15.5 Å². The van der Waals surface area contributed by atoms with E-state index in [-0.39, 0.29) is 28.9 Å². The number of aromatic nitrogens is 1. The minimum absolute atomic E-state index is 0.0300. The van der Waals surface area contributed by atoms with Crippen molar-refractivity contribution in [3.05, 3.63) is 22.3 Å². The van der Waals surface area contributed by atoms with Gasteiger partial charge in [-0.15, -0.1) is 23.1 Å². The molecule has 3 atom stereocenters. The number of hydrogen-bond acceptors (Lipinski definition) is 14. The van der Waals surface area contributed by atoms with Crippen LogP contribution in [0.4, 0.5) is 9.93 Å². The Morgan fingerprint density at radius 1 is 1.32 bits per heavy atom. The van der Waals surface area contributed by atoms with Crippen LogP contribution in [0.1, 0.15) is 26.0 Å². The minimum atomic E-state index is -1.24. The molecule has 3 aliphatic rings. The Kier molecular flexibility index (Phi) is 8.05. The van der Waals surface area contributed by atoms with E-state index in [1.165, 1.54) is 29.0 Å². The maximum Gasteiger partial charge on any atom is 0.410 e. The number of rotatable bonds is 8. The van der Waals surface area contributed by atoms with Crippen LogP contribution in [0.15, 0.2) is 21.8 Å². The van der Waals surface area contributed by atoms with Crippen molar-refractivity contribution in [1.82, 2.24) is 20.1 Å². The van der Waals surface area contributed by atoms with Crippen molar-refractivity contribution in [3.8, 4) is 0 Å². The van der Waals surface area contributed by atoms with Crippen molar-refractivity contribution in [3.63, 3.8) is 0 Å². The first-order valence-electron chi connectivity index (χ1n) is 11.3. The van der Waals surface area contributed by atoms with Crippen LogP contribution in [0.2, 0.25) is 0 Å². The van der Waals surface area contributed by atoms with Gasteiger partial charge in [-0.05, 0) is 6.42 Å². The number of esters is 2. The van der Waals surface area contributed by atoms with Gasteiger partial charge in [0, 0.05) is 43.6 Å². The van der Waals surface area contributed by atoms with E-state index >= 15 is 0 Å². The number of likely N-dealkylation sites (tertiary alicyclic amines) is 1. The highest BCUT2D eigenvalue weighted by Gasteiger charge is 2.55. The summed E-state index contributed by atoms with van der Waals surface area (Å²) in [6.07, 6.45) is -0.920. The average Bonchev–Trinajstić information content (AvgIpc) is 3.24. The van der Waals surface area contributed by atoms with Gasteiger partial charge in [-0.2, -0.15) is 0 Å². The van der Waals surface area contributed by atoms with Gasteiger partial charge in [0.25, 0.3) is 11.8 Å². The number of thiazole rings is 1. The van der Waals surface area contributed by atoms with Crippen LogP contribution in [-0.4, -0.2) is 98.7 Å². The number of nitrogens with zero attached hydrogens (tertiary/aromatic N) is 4. The van der Waals surface area contributed by atoms with Gasteiger partial charge >= 0.3 is 18.0 Å². The first-order chi connectivity index (χ1) is 18.1. The van der Waals surface area contributed by atoms with Crippen LogP contribution in [-0.2, 0) is 33.4 Å². The monoisotopic (exact) mass is 568 g/mol. The molecule has 4 rings (SSSR count). The molecule has 204 valence electrons. The molecule has 2 fully saturated rings. The number of anilines is 1. The molecule has 2 saturated heterocycles. The van der Waals surface area contributed by atoms with E-state index in [4.69, 9.17) is 19.9 Å². The van der Waals surface area contributed by atoms with Crippen LogP contribution in [0.5, 0.6) is 0 Å². The molecule has 0 saturated carbocycles. The third-order valence-corrected chi connectivity index (χ3v) is 7.71. The predicted molar refractivity (Wildman–Crippen MR) is 132 cm³/mol. The van der Waals surface area contributed by atoms with E-state index in [1.807, 2.05) is 0 Å². The van der Waals surface area contributed by atoms with Crippen LogP contribution >= 0.6 is 23.1 Å². The molecule has 0 aromatic carbocycles. The lowest BCUT2D eigenvalue weighted by Gasteiger charge is -2.49. The maximum atomic E-state index is 13.1. The summed E-state index contributed by atoms with van der Waals surface area (Å²) in [7, 11) is 0. The summed E-state index contributed by atoms with van der Waals surface area (Å²) in [5, 5.41) is 15.6. The number of carbonyl (C=O) groups excluding carboxylic acids is 5. The van der Waals surface area contributed by atoms with Crippen molar-refractivity contribution in [2.75, 3.05) is 31.2 Å². The molecule has 38 heavy (non-hydrogen) atoms. The smallest absolute Gasteiger partial charge is 0.410 e. The summed E-state index contributed by atoms with van der Waals surface area (Å²) >= 11 is 2.26. The summed E-state index contributed by atoms with van der Waals surface area (Å²) in [5.74, 6) is -2.99. The Morgan fingerprint density at radius 2 is 2.05 bits per heavy atom. The number of nitrogens with two attached hydrogens (primary N) is 1. The molecular formula is C21H24N6O9S2. The standard InChI is InChI=1S/C21H24N6O9S2/c1-9(28)35-10(2)36-19(31)15-11(6-34-21(32)26-4-3-5-26)7-37-18-14(17(30)27(15)18)24-16(29)13(25-33)12-8-38-20(22)23-12/h8,10,14,18,33H,3-7H2,1-2H3,(H2,22,23)(H,24,29)/b25-13-/t10?,14?,18-/m1/s1. The topological polar surface area (TPSA) is 203 Å². The zero-order valence-corrected chi connectivity index (χ0v) is 21.9. The van der Waals surface area contributed by atoms with E-state index in [9.17, 15) is 29.2 Å². The summed E-state index contributed by atoms with van der Waals surface area (Å²) in [4.78, 5) is 68.9. The van der Waals surface area contributed by atoms with Crippen LogP contribution < -0.4 is 11.1 Å². The van der Waals surface area contributed by atoms with E-state index in [0.29, 0.717) is 18.7 Å². The van der Waals surface area contributed by atoms with Gasteiger partial charge in [-0.3, -0.25) is 19.3 Å². The Labute approximate surface area is 223 Å². The number of nitrogen functional groups attached to an aromatic ring is 1. The highest BCUT2D eigenvalue weighted by atomic mass is 32.2. The van der Waals surface area contributed by atoms with Gasteiger partial charge in [0.1, 0.15) is 29.4 Å². The van der Waals surface area contributed by atoms with Gasteiger partial charge in [0.05, 0.1) is 0 Å². The summed E-state index contributed by atoms with van der Waals surface area (Å²) in [6.45, 7) is 3.35. The quantitative estimate of drug-likeness (QED) is 0.0936. The van der Waals surface area contributed by atoms with Crippen molar-refractivity contribution in [1.29, 1.82) is 0 Å². The number of oxime groups is 1. The molecule has 0 spiro atoms. The molecule has 3 amide bonds. The molecule has 17 heteroatoms. The molecule has 0 radical (unpaired) electrons. The second kappa shape index (κ2) is 11.3. The van der Waals surface area contributed by atoms with Gasteiger partial charge in [-0.1, -0.05) is 5.16 Å². The molecule has 4 heterocycles. The Bertz CT molecular complexity index is 1230. The molecule has 0 aliphatic carbocycles. The fourth-order valence-corrected chi connectivity index (χ4v) is 5.68. The second-order valence-electron chi connectivity index (χ2n) is 8.31. The zero-order valence-electron chi connectivity index (χ0n) is 20.2. The normalized spacial score (nSPS) is 21.5. The Hall–Kier alpha value is -3.86. The molecule has 3 aliphatic heterocycles. The number of fused-ring (bicyclic) bond motifs is 1. The molecular weight excluding hydrogens is 544 g/mol. The number of nitrogens with one attached hydrogen (secondary N) is 1. The molecule has 1 aromatic heterocycles. The van der Waals surface area contributed by atoms with Gasteiger partial charge in [-0.25, -0.2) is 14.6 Å². The fraction of sp³-hybridized carbons (Fsp3) is 0.476. The lowest BCUT2D eigenvalue weighted by Crippen LogP contribution is -2.71. The van der Waals surface area contributed by atoms with Gasteiger partial charge in [0.15, 0.2) is 10.8 Å². The summed E-state index contributed by atoms with van der Waals surface area (Å²) < 4.78 is 15.4. The Balaban J connectivity index is 1.51. The van der Waals surface area contributed by atoms with E-state index in [1.54, 1.807) is 0 Å². The van der Waals surface area contributed by atoms with Crippen LogP contribution in [0.3, 0.4) is 0 Å². The van der Waals surface area contributed by atoms with Gasteiger partial charge in [0.2, 0.25) is 6.29 Å². The number of ether oxygens (including phenoxy) is 3. The second-order valence-corrected chi connectivity index (χ2v) is 10.3. The largest absolute Gasteiger partial charge is 0.445 e. The fourth-order valence-electron chi connectivity index (χ4n) is 3.80. The molecule has 15 nitrogen and oxygen atoms in total. The first-order valence-corrected chi connectivity index (χ1v) is 13.2. The predicted octanol–water partition coefficient (Wildman–Crippen LogP) is -0.148. The molecule has 2 unspecified atom stereocenters. The van der Waals surface area contributed by atoms with Crippen molar-refractivity contribution >= 4 is 63.8 Å². The highest BCUT2D eigenvalue weighted by Crippen LogP contribution is 2.41. The van der Waals surface area contributed by atoms with Crippen LogP contribution in [0.25, 0.3) is 0 Å². The minimum Gasteiger partial charge on any atom is -0.445 e.